The van der Waals surface area contributed by atoms with Gasteiger partial charge in [-0.05, 0) is 0 Å². The first-order chi connectivity index (χ1) is 11.4. The van der Waals surface area contributed by atoms with E-state index in [1.807, 2.05) is 20.8 Å². The Morgan fingerprint density at radius 2 is 1.77 bits per heavy atom. The van der Waals surface area contributed by atoms with Gasteiger partial charge in [0.2, 0.25) is 0 Å². The van der Waals surface area contributed by atoms with Gasteiger partial charge in [0.25, 0.3) is 0 Å². The van der Waals surface area contributed by atoms with Crippen LogP contribution in [-0.2, 0) is 15.4 Å². The molecule has 26 heavy (non-hydrogen) atoms. The molecule has 1 N–H and O–H groups in total. The van der Waals surface area contributed by atoms with Crippen molar-refractivity contribution in [2.24, 2.45) is 0 Å². The van der Waals surface area contributed by atoms with Gasteiger partial charge in [0, 0.05) is 0 Å². The van der Waals surface area contributed by atoms with Crippen LogP contribution in [-0.4, -0.2) is 47.2 Å². The van der Waals surface area contributed by atoms with Crippen molar-refractivity contribution in [3.8, 4) is 0 Å². The van der Waals surface area contributed by atoms with Crippen LogP contribution in [0, 0.1) is 0 Å². The van der Waals surface area contributed by atoms with Crippen molar-refractivity contribution in [2.75, 3.05) is 6.61 Å². The molecule has 8 heteroatoms. The number of aromatic nitrogens is 1. The summed E-state index contributed by atoms with van der Waals surface area (Å²) in [7, 11) is -3.04. The van der Waals surface area contributed by atoms with Crippen LogP contribution in [0.25, 0.3) is 0 Å². The van der Waals surface area contributed by atoms with E-state index in [1.54, 1.807) is 11.3 Å². The molecule has 0 aliphatic carbocycles. The summed E-state index contributed by atoms with van der Waals surface area (Å²) in [5.41, 5.74) is 0. The maximum atomic E-state index is 12.7. The van der Waals surface area contributed by atoms with Crippen LogP contribution in [0.2, 0.25) is 33.0 Å². The molecule has 1 aromatic heterocycles. The standard InChI is InChI=1S/C15H29N2O2S2Si.3CH3.Sn/c1-14(2,3)21(18)17-12(13-16-9-10-20-13)11-19-22(7,8)15(4,5)6;;;;/h10,12,17H,11H2,1-8H3;3*1H3;/t12-,21+;;;;/m0..../s1. The molecule has 0 radical (unpaired) electrons. The molecule has 0 fully saturated rings. The Kier molecular flexibility index (Phi) is 8.20. The van der Waals surface area contributed by atoms with Gasteiger partial charge in [0.1, 0.15) is 0 Å². The molecule has 0 saturated carbocycles. The average Bonchev–Trinajstić information content (AvgIpc) is 2.90. The SMILES string of the molecule is CC(C)(C)[S@@](=O)N[C@@H](CO[Si](C)(C)C(C)(C)C)c1n[c]([Sn]([CH3])([CH3])[CH3])cs1. The summed E-state index contributed by atoms with van der Waals surface area (Å²) in [5.74, 6) is 0. The van der Waals surface area contributed by atoms with Gasteiger partial charge in [-0.15, -0.1) is 0 Å². The van der Waals surface area contributed by atoms with Crippen LogP contribution in [0.3, 0.4) is 0 Å². The van der Waals surface area contributed by atoms with E-state index in [9.17, 15) is 4.21 Å². The number of rotatable bonds is 7. The van der Waals surface area contributed by atoms with Gasteiger partial charge in [-0.25, -0.2) is 0 Å². The Hall–Kier alpha value is 0.716. The molecule has 1 rings (SSSR count). The topological polar surface area (TPSA) is 51.2 Å². The van der Waals surface area contributed by atoms with Crippen LogP contribution in [0.4, 0.5) is 0 Å². The fourth-order valence-corrected chi connectivity index (χ4v) is 9.79. The third kappa shape index (κ3) is 6.95. The van der Waals surface area contributed by atoms with Crippen molar-refractivity contribution >= 4 is 52.7 Å². The predicted molar refractivity (Wildman–Crippen MR) is 122 cm³/mol. The Morgan fingerprint density at radius 3 is 2.15 bits per heavy atom. The molecule has 0 aromatic carbocycles. The van der Waals surface area contributed by atoms with Crippen molar-refractivity contribution in [1.82, 2.24) is 9.71 Å². The van der Waals surface area contributed by atoms with Crippen LogP contribution < -0.4 is 8.43 Å². The zero-order valence-corrected chi connectivity index (χ0v) is 23.9. The number of hydrogen-bond acceptors (Lipinski definition) is 4. The molecule has 0 aliphatic rings. The van der Waals surface area contributed by atoms with Crippen molar-refractivity contribution in [3.05, 3.63) is 10.4 Å². The van der Waals surface area contributed by atoms with Crippen molar-refractivity contribution < 1.29 is 8.63 Å². The number of hydrogen-bond donors (Lipinski definition) is 1. The average molecular weight is 525 g/mol. The fraction of sp³-hybridized carbons (Fsp3) is 0.833. The normalized spacial score (nSPS) is 16.6. The molecule has 1 heterocycles. The Labute approximate surface area is 172 Å². The van der Waals surface area contributed by atoms with Gasteiger partial charge >= 0.3 is 173 Å². The molecule has 0 saturated heterocycles. The van der Waals surface area contributed by atoms with Gasteiger partial charge < -0.3 is 0 Å². The molecule has 0 spiro atoms. The Bertz CT molecular complexity index is 628. The zero-order chi connectivity index (χ0) is 20.6. The van der Waals surface area contributed by atoms with E-state index in [1.165, 1.54) is 3.71 Å². The first-order valence-electron chi connectivity index (χ1n) is 9.23. The maximum absolute atomic E-state index is 12.7. The molecule has 4 nitrogen and oxygen atoms in total. The molecule has 152 valence electrons. The molecule has 0 bridgehead atoms. The molecular formula is C18H38N2O2S2SiSn. The first kappa shape index (κ1) is 24.8. The summed E-state index contributed by atoms with van der Waals surface area (Å²) in [6.07, 6.45) is 0. The van der Waals surface area contributed by atoms with Gasteiger partial charge in [0.15, 0.2) is 0 Å². The second kappa shape index (κ2) is 8.61. The van der Waals surface area contributed by atoms with Crippen molar-refractivity contribution in [2.45, 2.75) is 85.3 Å². The quantitative estimate of drug-likeness (QED) is 0.521. The Morgan fingerprint density at radius 1 is 1.23 bits per heavy atom. The van der Waals surface area contributed by atoms with Gasteiger partial charge in [0.05, 0.1) is 0 Å². The number of nitrogens with zero attached hydrogens (tertiary/aromatic N) is 1. The third-order valence-corrected chi connectivity index (χ3v) is 17.6. The van der Waals surface area contributed by atoms with Crippen molar-refractivity contribution in [3.63, 3.8) is 0 Å². The zero-order valence-electron chi connectivity index (χ0n) is 18.4. The van der Waals surface area contributed by atoms with E-state index < -0.39 is 37.7 Å². The molecule has 0 aliphatic heterocycles. The third-order valence-electron chi connectivity index (χ3n) is 4.81. The molecular weight excluding hydrogens is 487 g/mol. The monoisotopic (exact) mass is 526 g/mol. The van der Waals surface area contributed by atoms with Crippen molar-refractivity contribution in [1.29, 1.82) is 0 Å². The summed E-state index contributed by atoms with van der Waals surface area (Å²) in [6.45, 7) is 17.7. The molecule has 2 atom stereocenters. The predicted octanol–water partition coefficient (Wildman–Crippen LogP) is 4.80. The van der Waals surface area contributed by atoms with Gasteiger partial charge in [-0.1, -0.05) is 0 Å². The summed E-state index contributed by atoms with van der Waals surface area (Å²) < 4.78 is 23.4. The summed E-state index contributed by atoms with van der Waals surface area (Å²) in [6, 6.07) is -0.128. The van der Waals surface area contributed by atoms with Crippen LogP contribution in [0.5, 0.6) is 0 Å². The minimum atomic E-state index is -2.21. The van der Waals surface area contributed by atoms with E-state index in [4.69, 9.17) is 9.41 Å². The van der Waals surface area contributed by atoms with Gasteiger partial charge in [-0.2, -0.15) is 0 Å². The summed E-state index contributed by atoms with van der Waals surface area (Å²) >= 11 is -0.535. The van der Waals surface area contributed by atoms with E-state index in [0.29, 0.717) is 6.61 Å². The van der Waals surface area contributed by atoms with Gasteiger partial charge in [-0.3, -0.25) is 0 Å². The van der Waals surface area contributed by atoms with E-state index in [2.05, 4.69) is 58.8 Å². The minimum absolute atomic E-state index is 0.128. The van der Waals surface area contributed by atoms with E-state index in [-0.39, 0.29) is 15.8 Å². The molecule has 0 unspecified atom stereocenters. The first-order valence-corrected chi connectivity index (χ1v) is 24.2. The van der Waals surface area contributed by atoms with E-state index >= 15 is 0 Å². The Balaban J connectivity index is 3.07. The van der Waals surface area contributed by atoms with Crippen LogP contribution in [0.1, 0.15) is 52.6 Å². The van der Waals surface area contributed by atoms with E-state index in [0.717, 1.165) is 5.01 Å². The molecule has 0 amide bonds. The second-order valence-corrected chi connectivity index (χ2v) is 32.4. The van der Waals surface area contributed by atoms with Crippen LogP contribution in [0.15, 0.2) is 5.38 Å². The second-order valence-electron chi connectivity index (χ2n) is 10.4. The number of thiazole rings is 1. The number of nitrogens with one attached hydrogen (secondary N) is 1. The van der Waals surface area contributed by atoms with Crippen LogP contribution >= 0.6 is 11.3 Å². The summed E-state index contributed by atoms with van der Waals surface area (Å²) in [5, 5.41) is 3.35. The molecule has 1 aromatic rings. The summed E-state index contributed by atoms with van der Waals surface area (Å²) in [4.78, 5) is 12.0. The fourth-order valence-electron chi connectivity index (χ4n) is 1.76.